The summed E-state index contributed by atoms with van der Waals surface area (Å²) >= 11 is 12.2. The van der Waals surface area contributed by atoms with Crippen molar-refractivity contribution < 1.29 is 22.7 Å². The first-order valence-corrected chi connectivity index (χ1v) is 14.7. The molecule has 0 aromatic heterocycles. The predicted octanol–water partition coefficient (Wildman–Crippen LogP) is 4.88. The Morgan fingerprint density at radius 3 is 2.41 bits per heavy atom. The third kappa shape index (κ3) is 9.09. The standard InChI is InChI=1S/C26H35Cl2N3O5S/c1-5-14-29-26(33)24(6-2)30(18-19-12-13-22(27)23(28)16-19)25(32)11-8-15-31(37(4,34)35)20-9-7-10-21(17-20)36-3/h7,9-10,12-13,16-17,24H,5-6,8,11,14-15,18H2,1-4H3,(H,29,33)/t24-/m1/s1. The fraction of sp³-hybridized carbons (Fsp3) is 0.462. The molecule has 2 amide bonds. The van der Waals surface area contributed by atoms with Crippen molar-refractivity contribution in [1.29, 1.82) is 0 Å². The van der Waals surface area contributed by atoms with Crippen LogP contribution in [0.4, 0.5) is 5.69 Å². The van der Waals surface area contributed by atoms with Crippen LogP contribution < -0.4 is 14.4 Å². The van der Waals surface area contributed by atoms with Gasteiger partial charge in [0.25, 0.3) is 0 Å². The fourth-order valence-electron chi connectivity index (χ4n) is 3.89. The molecule has 0 spiro atoms. The second kappa shape index (κ2) is 14.4. The molecule has 0 aliphatic heterocycles. The first-order chi connectivity index (χ1) is 17.5. The van der Waals surface area contributed by atoms with E-state index in [0.29, 0.717) is 34.4 Å². The molecule has 8 nitrogen and oxygen atoms in total. The molecule has 0 saturated carbocycles. The molecule has 0 unspecified atom stereocenters. The number of hydrogen-bond acceptors (Lipinski definition) is 5. The monoisotopic (exact) mass is 571 g/mol. The number of sulfonamides is 1. The number of hydrogen-bond donors (Lipinski definition) is 1. The third-order valence-electron chi connectivity index (χ3n) is 5.77. The smallest absolute Gasteiger partial charge is 0.242 e. The quantitative estimate of drug-likeness (QED) is 0.348. The molecule has 1 atom stereocenters. The van der Waals surface area contributed by atoms with Gasteiger partial charge in [0, 0.05) is 32.1 Å². The zero-order valence-electron chi connectivity index (χ0n) is 21.7. The maximum absolute atomic E-state index is 13.4. The maximum Gasteiger partial charge on any atom is 0.242 e. The van der Waals surface area contributed by atoms with Crippen molar-refractivity contribution in [2.45, 2.75) is 52.1 Å². The molecule has 1 N–H and O–H groups in total. The lowest BCUT2D eigenvalue weighted by atomic mass is 10.1. The minimum absolute atomic E-state index is 0.0505. The van der Waals surface area contributed by atoms with Gasteiger partial charge in [-0.1, -0.05) is 49.2 Å². The normalized spacial score (nSPS) is 12.1. The van der Waals surface area contributed by atoms with Crippen LogP contribution in [0.2, 0.25) is 10.0 Å². The molecular weight excluding hydrogens is 537 g/mol. The molecule has 0 aliphatic rings. The number of amides is 2. The van der Waals surface area contributed by atoms with Crippen LogP contribution in [0.25, 0.3) is 0 Å². The summed E-state index contributed by atoms with van der Waals surface area (Å²) in [5, 5.41) is 3.63. The number of carbonyl (C=O) groups excluding carboxylic acids is 2. The molecule has 0 aliphatic carbocycles. The van der Waals surface area contributed by atoms with Crippen LogP contribution in [0, 0.1) is 0 Å². The number of halogens is 2. The molecule has 0 heterocycles. The van der Waals surface area contributed by atoms with Gasteiger partial charge in [0.2, 0.25) is 21.8 Å². The number of anilines is 1. The number of nitrogens with zero attached hydrogens (tertiary/aromatic N) is 2. The lowest BCUT2D eigenvalue weighted by Crippen LogP contribution is -2.49. The topological polar surface area (TPSA) is 96.0 Å². The van der Waals surface area contributed by atoms with Gasteiger partial charge in [0.1, 0.15) is 11.8 Å². The highest BCUT2D eigenvalue weighted by Crippen LogP contribution is 2.26. The average Bonchev–Trinajstić information content (AvgIpc) is 2.86. The highest BCUT2D eigenvalue weighted by atomic mass is 35.5. The van der Waals surface area contributed by atoms with Gasteiger partial charge in [-0.15, -0.1) is 0 Å². The lowest BCUT2D eigenvalue weighted by molar-refractivity contribution is -0.141. The van der Waals surface area contributed by atoms with Gasteiger partial charge in [-0.05, 0) is 49.1 Å². The second-order valence-corrected chi connectivity index (χ2v) is 11.3. The lowest BCUT2D eigenvalue weighted by Gasteiger charge is -2.31. The van der Waals surface area contributed by atoms with E-state index >= 15 is 0 Å². The van der Waals surface area contributed by atoms with Gasteiger partial charge in [-0.25, -0.2) is 8.42 Å². The molecule has 11 heteroatoms. The Morgan fingerprint density at radius 1 is 1.08 bits per heavy atom. The van der Waals surface area contributed by atoms with E-state index in [-0.39, 0.29) is 37.7 Å². The van der Waals surface area contributed by atoms with Gasteiger partial charge < -0.3 is 15.0 Å². The highest BCUT2D eigenvalue weighted by molar-refractivity contribution is 7.92. The molecule has 0 fully saturated rings. The Kier molecular flexibility index (Phi) is 12.0. The van der Waals surface area contributed by atoms with Crippen LogP contribution in [-0.2, 0) is 26.2 Å². The van der Waals surface area contributed by atoms with Crippen molar-refractivity contribution in [3.63, 3.8) is 0 Å². The largest absolute Gasteiger partial charge is 0.497 e. The first-order valence-electron chi connectivity index (χ1n) is 12.1. The summed E-state index contributed by atoms with van der Waals surface area (Å²) in [5.74, 6) is 0.0365. The van der Waals surface area contributed by atoms with E-state index in [4.69, 9.17) is 27.9 Å². The van der Waals surface area contributed by atoms with E-state index in [0.717, 1.165) is 18.2 Å². The Morgan fingerprint density at radius 2 is 1.81 bits per heavy atom. The van der Waals surface area contributed by atoms with Gasteiger partial charge in [0.05, 0.1) is 29.1 Å². The van der Waals surface area contributed by atoms with Crippen LogP contribution >= 0.6 is 23.2 Å². The van der Waals surface area contributed by atoms with E-state index in [1.165, 1.54) is 16.3 Å². The van der Waals surface area contributed by atoms with Crippen LogP contribution in [0.5, 0.6) is 5.75 Å². The number of rotatable bonds is 14. The molecule has 0 bridgehead atoms. The summed E-state index contributed by atoms with van der Waals surface area (Å²) in [7, 11) is -2.10. The van der Waals surface area contributed by atoms with Crippen LogP contribution in [0.1, 0.15) is 45.1 Å². The van der Waals surface area contributed by atoms with Gasteiger partial charge in [-0.2, -0.15) is 0 Å². The SMILES string of the molecule is CCCNC(=O)[C@@H](CC)N(Cc1ccc(Cl)c(Cl)c1)C(=O)CCCN(c1cccc(OC)c1)S(C)(=O)=O. The fourth-order valence-corrected chi connectivity index (χ4v) is 5.17. The van der Waals surface area contributed by atoms with Crippen molar-refractivity contribution in [2.24, 2.45) is 0 Å². The Bertz CT molecular complexity index is 1180. The molecule has 204 valence electrons. The van der Waals surface area contributed by atoms with E-state index in [9.17, 15) is 18.0 Å². The molecule has 0 saturated heterocycles. The van der Waals surface area contributed by atoms with E-state index < -0.39 is 16.1 Å². The van der Waals surface area contributed by atoms with Gasteiger partial charge in [-0.3, -0.25) is 13.9 Å². The Hall–Kier alpha value is -2.49. The molecule has 2 rings (SSSR count). The van der Waals surface area contributed by atoms with E-state index in [1.54, 1.807) is 42.5 Å². The second-order valence-electron chi connectivity index (χ2n) is 8.63. The van der Waals surface area contributed by atoms with E-state index in [2.05, 4.69) is 5.32 Å². The van der Waals surface area contributed by atoms with Crippen molar-refractivity contribution >= 4 is 50.7 Å². The summed E-state index contributed by atoms with van der Waals surface area (Å²) in [4.78, 5) is 27.9. The van der Waals surface area contributed by atoms with Crippen molar-refractivity contribution in [2.75, 3.05) is 30.8 Å². The summed E-state index contributed by atoms with van der Waals surface area (Å²) in [6.07, 6.45) is 2.62. The number of carbonyl (C=O) groups is 2. The summed E-state index contributed by atoms with van der Waals surface area (Å²) in [6, 6.07) is 11.1. The van der Waals surface area contributed by atoms with Crippen molar-refractivity contribution in [1.82, 2.24) is 10.2 Å². The van der Waals surface area contributed by atoms with Gasteiger partial charge >= 0.3 is 0 Å². The summed E-state index contributed by atoms with van der Waals surface area (Å²) in [6.45, 7) is 4.57. The zero-order valence-corrected chi connectivity index (χ0v) is 24.0. The van der Waals surface area contributed by atoms with Gasteiger partial charge in [0.15, 0.2) is 0 Å². The van der Waals surface area contributed by atoms with Crippen LogP contribution in [0.15, 0.2) is 42.5 Å². The Balaban J connectivity index is 2.24. The van der Waals surface area contributed by atoms with E-state index in [1.807, 2.05) is 13.8 Å². The molecule has 2 aromatic rings. The highest BCUT2D eigenvalue weighted by Gasteiger charge is 2.29. The molecule has 0 radical (unpaired) electrons. The summed E-state index contributed by atoms with van der Waals surface area (Å²) < 4.78 is 31.5. The predicted molar refractivity (Wildman–Crippen MR) is 149 cm³/mol. The zero-order chi connectivity index (χ0) is 27.6. The van der Waals surface area contributed by atoms with Crippen LogP contribution in [-0.4, -0.2) is 57.6 Å². The summed E-state index contributed by atoms with van der Waals surface area (Å²) in [5.41, 5.74) is 1.19. The molecular formula is C26H35Cl2N3O5S. The molecule has 37 heavy (non-hydrogen) atoms. The maximum atomic E-state index is 13.4. The number of ether oxygens (including phenoxy) is 1. The average molecular weight is 573 g/mol. The number of nitrogens with one attached hydrogen (secondary N) is 1. The first kappa shape index (κ1) is 30.7. The minimum atomic E-state index is -3.60. The van der Waals surface area contributed by atoms with Crippen molar-refractivity contribution in [3.8, 4) is 5.75 Å². The minimum Gasteiger partial charge on any atom is -0.497 e. The third-order valence-corrected chi connectivity index (χ3v) is 7.70. The van der Waals surface area contributed by atoms with Crippen LogP contribution in [0.3, 0.4) is 0 Å². The Labute approximate surface area is 229 Å². The van der Waals surface area contributed by atoms with Crippen molar-refractivity contribution in [3.05, 3.63) is 58.1 Å². The molecule has 2 aromatic carbocycles. The number of methoxy groups -OCH3 is 1. The number of benzene rings is 2.